The van der Waals surface area contributed by atoms with E-state index < -0.39 is 26.0 Å². The van der Waals surface area contributed by atoms with Gasteiger partial charge in [-0.25, -0.2) is 26.3 Å². The molecule has 8 saturated carbocycles. The molecule has 0 radical (unpaired) electrons. The summed E-state index contributed by atoms with van der Waals surface area (Å²) in [6.45, 7) is 3.96. The van der Waals surface area contributed by atoms with E-state index in [-0.39, 0.29) is 33.5 Å². The minimum absolute atomic E-state index is 0.0714. The Morgan fingerprint density at radius 2 is 1.11 bits per heavy atom. The minimum atomic E-state index is -4.17. The Kier molecular flexibility index (Phi) is 6.48. The van der Waals surface area contributed by atoms with Gasteiger partial charge in [-0.1, -0.05) is 12.1 Å². The van der Waals surface area contributed by atoms with Gasteiger partial charge < -0.3 is 5.32 Å². The number of nitrogens with one attached hydrogen (secondary N) is 3. The predicted molar refractivity (Wildman–Crippen MR) is 173 cm³/mol. The van der Waals surface area contributed by atoms with Crippen LogP contribution in [0.2, 0.25) is 0 Å². The molecule has 8 aliphatic carbocycles. The molecule has 2 atom stereocenters. The highest BCUT2D eigenvalue weighted by atomic mass is 32.2. The molecule has 45 heavy (non-hydrogen) atoms. The van der Waals surface area contributed by atoms with Crippen molar-refractivity contribution in [2.24, 2.45) is 59.2 Å². The van der Waals surface area contributed by atoms with Gasteiger partial charge in [0.25, 0.3) is 5.91 Å². The van der Waals surface area contributed by atoms with Crippen LogP contribution in [0.3, 0.4) is 0 Å². The molecule has 9 aliphatic rings. The second-order valence-electron chi connectivity index (χ2n) is 16.3. The maximum atomic E-state index is 14.3. The van der Waals surface area contributed by atoms with Crippen LogP contribution in [0.4, 0.5) is 5.69 Å². The van der Waals surface area contributed by atoms with Crippen molar-refractivity contribution < 1.29 is 21.6 Å². The van der Waals surface area contributed by atoms with E-state index in [9.17, 15) is 21.6 Å². The molecular weight excluding hydrogens is 607 g/mol. The van der Waals surface area contributed by atoms with Crippen molar-refractivity contribution in [3.8, 4) is 0 Å². The Labute approximate surface area is 267 Å². The summed E-state index contributed by atoms with van der Waals surface area (Å²) in [4.78, 5) is 12.8. The van der Waals surface area contributed by atoms with Gasteiger partial charge in [0.05, 0.1) is 10.6 Å². The molecule has 11 rings (SSSR count). The first-order chi connectivity index (χ1) is 21.4. The van der Waals surface area contributed by atoms with Crippen molar-refractivity contribution in [1.82, 2.24) is 9.44 Å². The number of sulfonamides is 2. The highest BCUT2D eigenvalue weighted by Gasteiger charge is 2.52. The van der Waals surface area contributed by atoms with E-state index >= 15 is 0 Å². The first-order valence-electron chi connectivity index (χ1n) is 17.4. The zero-order valence-electron chi connectivity index (χ0n) is 26.2. The summed E-state index contributed by atoms with van der Waals surface area (Å²) in [5, 5.41) is 3.53. The molecule has 1 amide bonds. The molecule has 8 bridgehead atoms. The third-order valence-electron chi connectivity index (χ3n) is 13.6. The molecule has 0 spiro atoms. The zero-order valence-corrected chi connectivity index (χ0v) is 27.8. The molecule has 10 heteroatoms. The van der Waals surface area contributed by atoms with Crippen molar-refractivity contribution >= 4 is 42.4 Å². The van der Waals surface area contributed by atoms with Crippen LogP contribution in [0.25, 0.3) is 10.8 Å². The van der Waals surface area contributed by atoms with Crippen LogP contribution in [0, 0.1) is 59.2 Å². The van der Waals surface area contributed by atoms with E-state index in [0.717, 1.165) is 23.7 Å². The van der Waals surface area contributed by atoms with Gasteiger partial charge in [0.15, 0.2) is 0 Å². The summed E-state index contributed by atoms with van der Waals surface area (Å²) >= 11 is 0. The molecule has 1 aliphatic heterocycles. The average molecular weight is 652 g/mol. The fourth-order valence-corrected chi connectivity index (χ4v) is 15.7. The number of benzene rings is 2. The molecule has 2 aromatic rings. The van der Waals surface area contributed by atoms with Gasteiger partial charge in [-0.3, -0.25) is 4.79 Å². The van der Waals surface area contributed by atoms with Crippen LogP contribution in [-0.4, -0.2) is 34.8 Å². The van der Waals surface area contributed by atoms with Crippen molar-refractivity contribution in [3.63, 3.8) is 0 Å². The molecular formula is C35H45N3O5S2. The van der Waals surface area contributed by atoms with Crippen molar-refractivity contribution in [2.45, 2.75) is 99.9 Å². The molecule has 3 N–H and O–H groups in total. The summed E-state index contributed by atoms with van der Waals surface area (Å²) < 4.78 is 63.2. The van der Waals surface area contributed by atoms with Crippen molar-refractivity contribution in [1.29, 1.82) is 0 Å². The third-order valence-corrected chi connectivity index (χ3v) is 16.8. The largest absolute Gasteiger partial charge is 0.320 e. The Bertz CT molecular complexity index is 1770. The van der Waals surface area contributed by atoms with E-state index in [1.165, 1.54) is 70.3 Å². The van der Waals surface area contributed by atoms with E-state index in [4.69, 9.17) is 0 Å². The molecule has 1 heterocycles. The smallest absolute Gasteiger partial charge is 0.256 e. The third kappa shape index (κ3) is 4.51. The number of carbonyl (C=O) groups is 1. The van der Waals surface area contributed by atoms with Crippen molar-refractivity contribution in [3.05, 3.63) is 29.8 Å². The fourth-order valence-electron chi connectivity index (χ4n) is 12.7. The number of carbonyl (C=O) groups excluding carboxylic acids is 1. The standard InChI is InChI=1S/C35H45N3O5S2/c1-17(31-23-8-19-6-20(10-23)11-24(31)9-19)37-44(40,41)29-16-30(34-33-27(29)4-3-5-28(33)35(39)36-34)45(42,43)38-18(2)32-25-12-21-7-22(14-25)15-26(32)13-21/h3-5,16-26,31-32,37-38H,6-15H2,1-2H3,(H,36,39)/t17-,18+,19?,20?,21?,22?,23?,24?,25?,26?,31?,32?/m1/s1. The summed E-state index contributed by atoms with van der Waals surface area (Å²) in [7, 11) is -8.29. The van der Waals surface area contributed by atoms with E-state index in [1.54, 1.807) is 18.2 Å². The van der Waals surface area contributed by atoms with Crippen LogP contribution < -0.4 is 14.8 Å². The van der Waals surface area contributed by atoms with Gasteiger partial charge in [-0.15, -0.1) is 0 Å². The van der Waals surface area contributed by atoms with E-state index in [0.29, 0.717) is 45.9 Å². The van der Waals surface area contributed by atoms with Gasteiger partial charge in [-0.2, -0.15) is 0 Å². The quantitative estimate of drug-likeness (QED) is 0.329. The summed E-state index contributed by atoms with van der Waals surface area (Å²) in [5.74, 6) is 5.44. The SMILES string of the molecule is C[C@H](NS(=O)(=O)c1cc(S(=O)(=O)N[C@H](C)C2C3CC4CC(C3)CC2C4)c2cccc3c2c1NC3=O)C1C2CC3CC(C2)CC1C3. The molecule has 8 nitrogen and oxygen atoms in total. The van der Waals surface area contributed by atoms with E-state index in [1.807, 2.05) is 13.8 Å². The summed E-state index contributed by atoms with van der Waals surface area (Å²) in [6.07, 6.45) is 12.1. The normalized spacial score (nSPS) is 39.0. The lowest BCUT2D eigenvalue weighted by molar-refractivity contribution is -0.0464. The van der Waals surface area contributed by atoms with Gasteiger partial charge in [-0.05, 0) is 149 Å². The van der Waals surface area contributed by atoms with Gasteiger partial charge in [0.1, 0.15) is 4.90 Å². The maximum absolute atomic E-state index is 14.3. The minimum Gasteiger partial charge on any atom is -0.320 e. The summed E-state index contributed by atoms with van der Waals surface area (Å²) in [5.41, 5.74) is 0.489. The second kappa shape index (κ2) is 10.0. The van der Waals surface area contributed by atoms with Gasteiger partial charge in [0, 0.05) is 28.4 Å². The lowest BCUT2D eigenvalue weighted by Crippen LogP contribution is -2.53. The summed E-state index contributed by atoms with van der Waals surface area (Å²) in [6, 6.07) is 5.75. The van der Waals surface area contributed by atoms with E-state index in [2.05, 4.69) is 14.8 Å². The van der Waals surface area contributed by atoms with Crippen LogP contribution in [0.1, 0.15) is 88.4 Å². The van der Waals surface area contributed by atoms with Gasteiger partial charge in [0.2, 0.25) is 20.0 Å². The number of hydrogen-bond donors (Lipinski definition) is 3. The van der Waals surface area contributed by atoms with Crippen LogP contribution in [0.5, 0.6) is 0 Å². The number of amides is 1. The topological polar surface area (TPSA) is 121 Å². The molecule has 242 valence electrons. The number of rotatable bonds is 8. The monoisotopic (exact) mass is 651 g/mol. The molecule has 0 saturated heterocycles. The lowest BCUT2D eigenvalue weighted by Gasteiger charge is -2.56. The van der Waals surface area contributed by atoms with Crippen LogP contribution in [0.15, 0.2) is 34.1 Å². The van der Waals surface area contributed by atoms with Crippen LogP contribution in [-0.2, 0) is 20.0 Å². The highest BCUT2D eigenvalue weighted by molar-refractivity contribution is 7.90. The first kappa shape index (κ1) is 29.2. The first-order valence-corrected chi connectivity index (χ1v) is 20.4. The highest BCUT2D eigenvalue weighted by Crippen LogP contribution is 2.58. The Morgan fingerprint density at radius 1 is 0.667 bits per heavy atom. The average Bonchev–Trinajstić information content (AvgIpc) is 3.28. The Morgan fingerprint density at radius 3 is 1.58 bits per heavy atom. The Hall–Kier alpha value is -2.01. The molecule has 0 aromatic heterocycles. The van der Waals surface area contributed by atoms with Crippen molar-refractivity contribution in [2.75, 3.05) is 5.32 Å². The Balaban J connectivity index is 1.07. The predicted octanol–water partition coefficient (Wildman–Crippen LogP) is 5.88. The molecule has 2 aromatic carbocycles. The zero-order chi connectivity index (χ0) is 31.0. The van der Waals surface area contributed by atoms with Crippen LogP contribution >= 0.6 is 0 Å². The maximum Gasteiger partial charge on any atom is 0.256 e. The molecule has 8 fully saturated rings. The number of hydrogen-bond acceptors (Lipinski definition) is 5. The fraction of sp³-hybridized carbons (Fsp3) is 0.686. The molecule has 0 unspecified atom stereocenters. The lowest BCUT2D eigenvalue weighted by atomic mass is 9.51. The second-order valence-corrected chi connectivity index (χ2v) is 19.6. The van der Waals surface area contributed by atoms with Gasteiger partial charge >= 0.3 is 0 Å². The number of anilines is 1.